The lowest BCUT2D eigenvalue weighted by atomic mass is 9.97. The van der Waals surface area contributed by atoms with Crippen LogP contribution in [-0.2, 0) is 19.1 Å². The fraction of sp³-hybridized carbons (Fsp3) is 0.714. The van der Waals surface area contributed by atoms with E-state index in [1.54, 1.807) is 13.8 Å². The van der Waals surface area contributed by atoms with Crippen molar-refractivity contribution in [3.63, 3.8) is 0 Å². The molecule has 0 aliphatic carbocycles. The second-order valence-corrected chi connectivity index (χ2v) is 8.13. The average molecular weight is 443 g/mol. The van der Waals surface area contributed by atoms with E-state index in [1.807, 2.05) is 13.8 Å². The fourth-order valence-electron chi connectivity index (χ4n) is 3.44. The molecule has 10 heteroatoms. The summed E-state index contributed by atoms with van der Waals surface area (Å²) in [6, 6.07) is 1.29. The summed E-state index contributed by atoms with van der Waals surface area (Å²) in [5.41, 5.74) is -0.968. The number of nitrogens with one attached hydrogen (secondary N) is 1. The van der Waals surface area contributed by atoms with Gasteiger partial charge in [-0.3, -0.25) is 14.2 Å². The smallest absolute Gasteiger partial charge is 0.351 e. The third kappa shape index (κ3) is 6.56. The zero-order valence-corrected chi connectivity index (χ0v) is 18.4. The van der Waals surface area contributed by atoms with Gasteiger partial charge < -0.3 is 14.8 Å². The summed E-state index contributed by atoms with van der Waals surface area (Å²) in [6.45, 7) is 6.90. The van der Waals surface area contributed by atoms with Crippen LogP contribution in [0.3, 0.4) is 0 Å². The summed E-state index contributed by atoms with van der Waals surface area (Å²) in [4.78, 5) is 40.1. The minimum atomic E-state index is -3.35. The number of nitrogens with zero attached hydrogens (tertiary/aromatic N) is 2. The van der Waals surface area contributed by atoms with Crippen LogP contribution in [0.5, 0.6) is 0 Å². The molecule has 1 N–H and O–H groups in total. The Labute approximate surface area is 180 Å². The van der Waals surface area contributed by atoms with Crippen molar-refractivity contribution in [2.45, 2.75) is 78.1 Å². The van der Waals surface area contributed by atoms with Gasteiger partial charge in [0.2, 0.25) is 12.1 Å². The minimum Gasteiger partial charge on any atom is -0.463 e. The Balaban J connectivity index is 2.09. The van der Waals surface area contributed by atoms with Gasteiger partial charge in [-0.2, -0.15) is 4.98 Å². The lowest BCUT2D eigenvalue weighted by Gasteiger charge is -2.20. The first-order valence-corrected chi connectivity index (χ1v) is 10.7. The molecule has 2 atom stereocenters. The van der Waals surface area contributed by atoms with Gasteiger partial charge in [0, 0.05) is 18.5 Å². The zero-order valence-electron chi connectivity index (χ0n) is 18.4. The Kier molecular flexibility index (Phi) is 8.67. The highest BCUT2D eigenvalue weighted by Gasteiger charge is 2.52. The van der Waals surface area contributed by atoms with Crippen molar-refractivity contribution in [3.8, 4) is 0 Å². The molecule has 0 spiro atoms. The molecule has 1 aromatic rings. The maximum atomic E-state index is 14.5. The summed E-state index contributed by atoms with van der Waals surface area (Å²) in [5.74, 6) is -4.69. The molecule has 2 rings (SSSR count). The first-order chi connectivity index (χ1) is 14.6. The zero-order chi connectivity index (χ0) is 23.2. The Bertz CT molecular complexity index is 821. The molecule has 1 saturated heterocycles. The number of hydrogen-bond acceptors (Lipinski definition) is 6. The third-order valence-corrected chi connectivity index (χ3v) is 5.04. The van der Waals surface area contributed by atoms with Crippen molar-refractivity contribution in [1.29, 1.82) is 0 Å². The molecule has 1 amide bonds. The number of carbonyl (C=O) groups excluding carboxylic acids is 2. The van der Waals surface area contributed by atoms with Gasteiger partial charge in [0.15, 0.2) is 0 Å². The van der Waals surface area contributed by atoms with E-state index >= 15 is 0 Å². The normalized spacial score (nSPS) is 20.3. The predicted octanol–water partition coefficient (Wildman–Crippen LogP) is 3.52. The molecule has 174 valence electrons. The van der Waals surface area contributed by atoms with Gasteiger partial charge >= 0.3 is 11.7 Å². The highest BCUT2D eigenvalue weighted by molar-refractivity contribution is 5.91. The molecular weight excluding hydrogens is 412 g/mol. The highest BCUT2D eigenvalue weighted by atomic mass is 19.3. The number of esters is 1. The number of amides is 1. The number of aromatic nitrogens is 2. The number of alkyl halides is 2. The first-order valence-electron chi connectivity index (χ1n) is 10.7. The van der Waals surface area contributed by atoms with Gasteiger partial charge in [-0.05, 0) is 18.9 Å². The molecule has 8 nitrogen and oxygen atoms in total. The second-order valence-electron chi connectivity index (χ2n) is 8.13. The summed E-state index contributed by atoms with van der Waals surface area (Å²) in [6.07, 6.45) is 0.628. The van der Waals surface area contributed by atoms with Gasteiger partial charge in [-0.1, -0.05) is 40.5 Å². The quantitative estimate of drug-likeness (QED) is 0.556. The van der Waals surface area contributed by atoms with Crippen LogP contribution in [0, 0.1) is 11.8 Å². The third-order valence-electron chi connectivity index (χ3n) is 5.04. The van der Waals surface area contributed by atoms with Crippen molar-refractivity contribution in [3.05, 3.63) is 22.7 Å². The molecule has 0 aromatic carbocycles. The molecular formula is C21H31F2N3O5. The molecule has 1 aliphatic rings. The standard InChI is InChI=1S/C21H31F2N3O5/c1-5-7-14(8-6-2)17(27)24-16-9-10-26(20(29)25-16)19-21(22,23)11-15(31-19)12-30-18(28)13(3)4/h9-10,13-15,19H,5-8,11-12H2,1-4H3,(H,24,25,27,29)/t15-,19-/m1/s1. The van der Waals surface area contributed by atoms with E-state index in [-0.39, 0.29) is 30.2 Å². The topological polar surface area (TPSA) is 99.5 Å². The van der Waals surface area contributed by atoms with Crippen LogP contribution in [0.4, 0.5) is 14.6 Å². The van der Waals surface area contributed by atoms with Crippen molar-refractivity contribution in [2.24, 2.45) is 11.8 Å². The van der Waals surface area contributed by atoms with Crippen LogP contribution in [0.2, 0.25) is 0 Å². The molecule has 0 saturated carbocycles. The molecule has 0 radical (unpaired) electrons. The molecule has 31 heavy (non-hydrogen) atoms. The Morgan fingerprint density at radius 3 is 2.52 bits per heavy atom. The number of anilines is 1. The average Bonchev–Trinajstić information content (AvgIpc) is 3.00. The van der Waals surface area contributed by atoms with Crippen LogP contribution in [0.15, 0.2) is 17.1 Å². The second kappa shape index (κ2) is 10.8. The van der Waals surface area contributed by atoms with Crippen molar-refractivity contribution < 1.29 is 27.8 Å². The van der Waals surface area contributed by atoms with Crippen molar-refractivity contribution >= 4 is 17.7 Å². The molecule has 0 unspecified atom stereocenters. The van der Waals surface area contributed by atoms with E-state index in [1.165, 1.54) is 6.07 Å². The summed E-state index contributed by atoms with van der Waals surface area (Å²) in [7, 11) is 0. The maximum Gasteiger partial charge on any atom is 0.351 e. The summed E-state index contributed by atoms with van der Waals surface area (Å²) >= 11 is 0. The van der Waals surface area contributed by atoms with Gasteiger partial charge in [0.05, 0.1) is 5.92 Å². The van der Waals surface area contributed by atoms with Gasteiger partial charge in [-0.15, -0.1) is 0 Å². The number of hydrogen-bond donors (Lipinski definition) is 1. The predicted molar refractivity (Wildman–Crippen MR) is 110 cm³/mol. The van der Waals surface area contributed by atoms with Crippen LogP contribution in [-0.4, -0.2) is 40.1 Å². The Morgan fingerprint density at radius 1 is 1.32 bits per heavy atom. The van der Waals surface area contributed by atoms with Gasteiger partial charge in [-0.25, -0.2) is 13.6 Å². The number of rotatable bonds is 10. The van der Waals surface area contributed by atoms with Gasteiger partial charge in [0.1, 0.15) is 18.5 Å². The minimum absolute atomic E-state index is 0.00665. The molecule has 0 bridgehead atoms. The maximum absolute atomic E-state index is 14.5. The van der Waals surface area contributed by atoms with Gasteiger partial charge in [0.25, 0.3) is 5.92 Å². The summed E-state index contributed by atoms with van der Waals surface area (Å²) in [5, 5.41) is 2.59. The number of carbonyl (C=O) groups is 2. The lowest BCUT2D eigenvalue weighted by molar-refractivity contribution is -0.154. The van der Waals surface area contributed by atoms with Crippen LogP contribution in [0.25, 0.3) is 0 Å². The number of ether oxygens (including phenoxy) is 2. The van der Waals surface area contributed by atoms with E-state index in [4.69, 9.17) is 9.47 Å². The highest BCUT2D eigenvalue weighted by Crippen LogP contribution is 2.42. The van der Waals surface area contributed by atoms with E-state index in [0.717, 1.165) is 19.0 Å². The Morgan fingerprint density at radius 2 is 1.97 bits per heavy atom. The molecule has 1 aromatic heterocycles. The lowest BCUT2D eigenvalue weighted by Crippen LogP contribution is -2.35. The van der Waals surface area contributed by atoms with Crippen LogP contribution in [0.1, 0.15) is 66.0 Å². The van der Waals surface area contributed by atoms with E-state index in [0.29, 0.717) is 17.4 Å². The fourth-order valence-corrected chi connectivity index (χ4v) is 3.44. The molecule has 1 fully saturated rings. The SMILES string of the molecule is CCCC(CCC)C(=O)Nc1ccn([C@@H]2O[C@@H](COC(=O)C(C)C)CC2(F)F)c(=O)n1. The monoisotopic (exact) mass is 443 g/mol. The summed E-state index contributed by atoms with van der Waals surface area (Å²) < 4.78 is 39.9. The first kappa shape index (κ1) is 24.9. The van der Waals surface area contributed by atoms with Crippen molar-refractivity contribution in [1.82, 2.24) is 9.55 Å². The van der Waals surface area contributed by atoms with Crippen LogP contribution >= 0.6 is 0 Å². The molecule has 2 heterocycles. The van der Waals surface area contributed by atoms with E-state index < -0.39 is 36.3 Å². The van der Waals surface area contributed by atoms with Crippen LogP contribution < -0.4 is 11.0 Å². The van der Waals surface area contributed by atoms with Crippen molar-refractivity contribution in [2.75, 3.05) is 11.9 Å². The molecule has 1 aliphatic heterocycles. The Hall–Kier alpha value is -2.36. The largest absolute Gasteiger partial charge is 0.463 e. The van der Waals surface area contributed by atoms with E-state index in [9.17, 15) is 23.2 Å². The van der Waals surface area contributed by atoms with E-state index in [2.05, 4.69) is 10.3 Å². The number of halogens is 2.